The molecule has 3 aromatic rings. The molecule has 1 aliphatic rings. The van der Waals surface area contributed by atoms with E-state index in [9.17, 15) is 9.59 Å². The summed E-state index contributed by atoms with van der Waals surface area (Å²) in [4.78, 5) is 32.8. The zero-order valence-corrected chi connectivity index (χ0v) is 14.6. The lowest BCUT2D eigenvalue weighted by molar-refractivity contribution is 0.0535. The summed E-state index contributed by atoms with van der Waals surface area (Å²) in [6.07, 6.45) is 1.36. The Morgan fingerprint density at radius 2 is 1.58 bits per heavy atom. The fraction of sp³-hybridized carbons (Fsp3) is 0.211. The number of rotatable bonds is 2. The maximum atomic E-state index is 12.7. The van der Waals surface area contributed by atoms with Gasteiger partial charge in [-0.05, 0) is 36.4 Å². The number of benzene rings is 2. The summed E-state index contributed by atoms with van der Waals surface area (Å²) in [5, 5.41) is 0.535. The lowest BCUT2D eigenvalue weighted by atomic mass is 10.1. The molecule has 0 bridgehead atoms. The van der Waals surface area contributed by atoms with Crippen LogP contribution in [0, 0.1) is 0 Å². The first kappa shape index (κ1) is 16.6. The number of aromatic nitrogens is 1. The molecule has 6 nitrogen and oxygen atoms in total. The lowest BCUT2D eigenvalue weighted by Crippen LogP contribution is -2.50. The van der Waals surface area contributed by atoms with E-state index in [1.54, 1.807) is 52.3 Å². The van der Waals surface area contributed by atoms with Crippen LogP contribution in [0.2, 0.25) is 5.02 Å². The highest BCUT2D eigenvalue weighted by atomic mass is 35.5. The number of piperazine rings is 1. The summed E-state index contributed by atoms with van der Waals surface area (Å²) in [5.41, 5.74) is 2.44. The van der Waals surface area contributed by atoms with Gasteiger partial charge < -0.3 is 14.2 Å². The van der Waals surface area contributed by atoms with Gasteiger partial charge in [-0.25, -0.2) is 4.98 Å². The Bertz CT molecular complexity index is 977. The Kier molecular flexibility index (Phi) is 4.34. The van der Waals surface area contributed by atoms with Crippen LogP contribution in [0.3, 0.4) is 0 Å². The number of halogens is 1. The molecule has 0 aliphatic carbocycles. The highest BCUT2D eigenvalue weighted by Gasteiger charge is 2.25. The van der Waals surface area contributed by atoms with Crippen molar-refractivity contribution in [1.82, 2.24) is 14.8 Å². The number of carbonyl (C=O) groups is 2. The maximum absolute atomic E-state index is 12.7. The van der Waals surface area contributed by atoms with Crippen LogP contribution >= 0.6 is 11.6 Å². The van der Waals surface area contributed by atoms with Crippen molar-refractivity contribution in [2.24, 2.45) is 0 Å². The quantitative estimate of drug-likeness (QED) is 0.696. The van der Waals surface area contributed by atoms with Crippen LogP contribution in [0.1, 0.15) is 20.7 Å². The second-order valence-corrected chi connectivity index (χ2v) is 6.57. The van der Waals surface area contributed by atoms with Crippen molar-refractivity contribution in [3.8, 4) is 0 Å². The summed E-state index contributed by atoms with van der Waals surface area (Å²) in [5.74, 6) is -0.131. The molecule has 0 spiro atoms. The van der Waals surface area contributed by atoms with Gasteiger partial charge in [0.05, 0.1) is 0 Å². The molecule has 2 amide bonds. The Balaban J connectivity index is 1.42. The minimum Gasteiger partial charge on any atom is -0.443 e. The van der Waals surface area contributed by atoms with Crippen LogP contribution in [0.25, 0.3) is 11.1 Å². The molecule has 0 radical (unpaired) electrons. The fourth-order valence-electron chi connectivity index (χ4n) is 3.09. The number of oxazole rings is 1. The van der Waals surface area contributed by atoms with Gasteiger partial charge in [0.25, 0.3) is 11.8 Å². The van der Waals surface area contributed by atoms with Crippen molar-refractivity contribution >= 4 is 34.5 Å². The topological polar surface area (TPSA) is 66.7 Å². The van der Waals surface area contributed by atoms with Crippen molar-refractivity contribution < 1.29 is 14.0 Å². The third-order valence-corrected chi connectivity index (χ3v) is 4.74. The molecule has 0 unspecified atom stereocenters. The smallest absolute Gasteiger partial charge is 0.254 e. The Morgan fingerprint density at radius 1 is 0.923 bits per heavy atom. The molecule has 132 valence electrons. The minimum atomic E-state index is -0.0661. The maximum Gasteiger partial charge on any atom is 0.254 e. The van der Waals surface area contributed by atoms with E-state index in [-0.39, 0.29) is 11.8 Å². The molecular weight excluding hydrogens is 354 g/mol. The molecule has 4 rings (SSSR count). The number of carbonyl (C=O) groups excluding carboxylic acids is 2. The Hall–Kier alpha value is -2.86. The molecule has 7 heteroatoms. The predicted molar refractivity (Wildman–Crippen MR) is 97.3 cm³/mol. The summed E-state index contributed by atoms with van der Waals surface area (Å²) < 4.78 is 5.20. The second-order valence-electron chi connectivity index (χ2n) is 6.13. The van der Waals surface area contributed by atoms with Crippen LogP contribution in [0.5, 0.6) is 0 Å². The summed E-state index contributed by atoms with van der Waals surface area (Å²) in [6.45, 7) is 1.95. The monoisotopic (exact) mass is 369 g/mol. The van der Waals surface area contributed by atoms with E-state index in [0.717, 1.165) is 0 Å². The van der Waals surface area contributed by atoms with Gasteiger partial charge in [-0.2, -0.15) is 0 Å². The minimum absolute atomic E-state index is 0.0650. The zero-order chi connectivity index (χ0) is 18.1. The van der Waals surface area contributed by atoms with Crippen molar-refractivity contribution in [3.05, 3.63) is 65.0 Å². The molecule has 2 heterocycles. The van der Waals surface area contributed by atoms with E-state index in [4.69, 9.17) is 16.0 Å². The molecule has 26 heavy (non-hydrogen) atoms. The van der Waals surface area contributed by atoms with Gasteiger partial charge in [-0.15, -0.1) is 0 Å². The van der Waals surface area contributed by atoms with Gasteiger partial charge in [0.2, 0.25) is 0 Å². The van der Waals surface area contributed by atoms with E-state index < -0.39 is 0 Å². The molecular formula is C19H16ClN3O3. The van der Waals surface area contributed by atoms with Crippen LogP contribution in [-0.2, 0) is 0 Å². The first-order valence-electron chi connectivity index (χ1n) is 8.29. The second kappa shape index (κ2) is 6.80. The van der Waals surface area contributed by atoms with Crippen molar-refractivity contribution in [2.75, 3.05) is 26.2 Å². The summed E-state index contributed by atoms with van der Waals surface area (Å²) >= 11 is 5.96. The summed E-state index contributed by atoms with van der Waals surface area (Å²) in [6, 6.07) is 12.1. The first-order chi connectivity index (χ1) is 12.6. The zero-order valence-electron chi connectivity index (χ0n) is 13.9. The van der Waals surface area contributed by atoms with E-state index in [2.05, 4.69) is 4.98 Å². The van der Waals surface area contributed by atoms with E-state index in [0.29, 0.717) is 53.4 Å². The fourth-order valence-corrected chi connectivity index (χ4v) is 3.28. The van der Waals surface area contributed by atoms with Crippen LogP contribution in [0.15, 0.2) is 53.3 Å². The number of hydrogen-bond acceptors (Lipinski definition) is 4. The van der Waals surface area contributed by atoms with Crippen LogP contribution in [-0.4, -0.2) is 52.8 Å². The molecule has 0 atom stereocenters. The van der Waals surface area contributed by atoms with E-state index in [1.807, 2.05) is 0 Å². The molecule has 1 aromatic heterocycles. The normalized spacial score (nSPS) is 14.7. The summed E-state index contributed by atoms with van der Waals surface area (Å²) in [7, 11) is 0. The average molecular weight is 370 g/mol. The van der Waals surface area contributed by atoms with Gasteiger partial charge >= 0.3 is 0 Å². The number of nitrogens with zero attached hydrogens (tertiary/aromatic N) is 3. The highest BCUT2D eigenvalue weighted by molar-refractivity contribution is 6.30. The lowest BCUT2D eigenvalue weighted by Gasteiger charge is -2.34. The van der Waals surface area contributed by atoms with Crippen molar-refractivity contribution in [3.63, 3.8) is 0 Å². The standard InChI is InChI=1S/C19H16ClN3O3/c20-15-3-1-2-13(10-15)18(24)22-6-8-23(9-7-22)19(25)14-4-5-17-16(11-14)21-12-26-17/h1-5,10-12H,6-9H2. The average Bonchev–Trinajstić information content (AvgIpc) is 3.15. The highest BCUT2D eigenvalue weighted by Crippen LogP contribution is 2.18. The van der Waals surface area contributed by atoms with Gasteiger partial charge in [0.15, 0.2) is 12.0 Å². The van der Waals surface area contributed by atoms with E-state index >= 15 is 0 Å². The molecule has 0 N–H and O–H groups in total. The van der Waals surface area contributed by atoms with Crippen molar-refractivity contribution in [1.29, 1.82) is 0 Å². The molecule has 1 fully saturated rings. The number of fused-ring (bicyclic) bond motifs is 1. The van der Waals surface area contributed by atoms with Crippen molar-refractivity contribution in [2.45, 2.75) is 0 Å². The SMILES string of the molecule is O=C(c1cccc(Cl)c1)N1CCN(C(=O)c2ccc3ocnc3c2)CC1. The van der Waals surface area contributed by atoms with E-state index in [1.165, 1.54) is 6.39 Å². The Labute approximate surface area is 155 Å². The molecule has 1 aliphatic heterocycles. The largest absolute Gasteiger partial charge is 0.443 e. The number of hydrogen-bond donors (Lipinski definition) is 0. The van der Waals surface area contributed by atoms with Crippen LogP contribution < -0.4 is 0 Å². The Morgan fingerprint density at radius 3 is 2.23 bits per heavy atom. The predicted octanol–water partition coefficient (Wildman–Crippen LogP) is 3.08. The van der Waals surface area contributed by atoms with Crippen LogP contribution in [0.4, 0.5) is 0 Å². The van der Waals surface area contributed by atoms with Gasteiger partial charge in [0.1, 0.15) is 5.52 Å². The van der Waals surface area contributed by atoms with Gasteiger partial charge in [-0.1, -0.05) is 17.7 Å². The molecule has 0 saturated carbocycles. The molecule has 1 saturated heterocycles. The first-order valence-corrected chi connectivity index (χ1v) is 8.67. The third kappa shape index (κ3) is 3.15. The molecule has 2 aromatic carbocycles. The van der Waals surface area contributed by atoms with Gasteiger partial charge in [0, 0.05) is 42.3 Å². The number of amides is 2. The third-order valence-electron chi connectivity index (χ3n) is 4.50. The van der Waals surface area contributed by atoms with Gasteiger partial charge in [-0.3, -0.25) is 9.59 Å².